The predicted molar refractivity (Wildman–Crippen MR) is 59.1 cm³/mol. The van der Waals surface area contributed by atoms with E-state index in [1.807, 2.05) is 5.32 Å². The van der Waals surface area contributed by atoms with Crippen molar-refractivity contribution in [2.24, 2.45) is 0 Å². The molecule has 0 aromatic carbocycles. The molecule has 19 heavy (non-hydrogen) atoms. The van der Waals surface area contributed by atoms with Crippen molar-refractivity contribution >= 4 is 23.8 Å². The van der Waals surface area contributed by atoms with Gasteiger partial charge >= 0.3 is 12.0 Å². The molecule has 0 aromatic heterocycles. The van der Waals surface area contributed by atoms with E-state index in [9.17, 15) is 19.2 Å². The van der Waals surface area contributed by atoms with E-state index < -0.39 is 29.4 Å². The summed E-state index contributed by atoms with van der Waals surface area (Å²) in [5.74, 6) is -2.40. The molecule has 0 saturated carbocycles. The fraction of sp³-hybridized carbons (Fsp3) is 0.600. The summed E-state index contributed by atoms with van der Waals surface area (Å²) in [5, 5.41) is 13.5. The summed E-state index contributed by atoms with van der Waals surface area (Å²) in [6.07, 6.45) is 0.141. The molecule has 4 amide bonds. The number of hydrogen-bond acceptors (Lipinski definition) is 5. The Morgan fingerprint density at radius 1 is 1.32 bits per heavy atom. The molecule has 2 aliphatic rings. The number of imide groups is 1. The Labute approximate surface area is 107 Å². The molecule has 0 aliphatic carbocycles. The number of aliphatic carboxylic acids is 1. The number of carboxylic acid groups (broad SMARTS) is 1. The molecule has 2 rings (SSSR count). The minimum absolute atomic E-state index is 0.137. The number of amides is 4. The van der Waals surface area contributed by atoms with Crippen LogP contribution in [-0.4, -0.2) is 65.7 Å². The van der Waals surface area contributed by atoms with Crippen LogP contribution in [0.3, 0.4) is 0 Å². The zero-order chi connectivity index (χ0) is 14.0. The fourth-order valence-corrected chi connectivity index (χ4v) is 1.95. The summed E-state index contributed by atoms with van der Waals surface area (Å²) in [4.78, 5) is 46.4. The second-order valence-corrected chi connectivity index (χ2v) is 4.45. The van der Waals surface area contributed by atoms with Gasteiger partial charge in [0.05, 0.1) is 6.61 Å². The number of nitrogens with zero attached hydrogens (tertiary/aromatic N) is 1. The minimum Gasteiger partial charge on any atom is -0.479 e. The number of carboxylic acids is 1. The van der Waals surface area contributed by atoms with E-state index in [0.717, 1.165) is 4.90 Å². The molecule has 1 unspecified atom stereocenters. The second kappa shape index (κ2) is 4.84. The first kappa shape index (κ1) is 13.3. The summed E-state index contributed by atoms with van der Waals surface area (Å²) in [6, 6.07) is -0.767. The lowest BCUT2D eigenvalue weighted by Crippen LogP contribution is -2.62. The SMILES string of the molecule is O=C1CN(C(=O)NC2(C(=O)O)CCOC2)CC(=O)N1. The third-order valence-corrected chi connectivity index (χ3v) is 3.01. The average Bonchev–Trinajstić information content (AvgIpc) is 2.77. The molecule has 1 atom stereocenters. The molecule has 104 valence electrons. The number of nitrogens with one attached hydrogen (secondary N) is 2. The number of ether oxygens (including phenoxy) is 1. The number of urea groups is 1. The third-order valence-electron chi connectivity index (χ3n) is 3.01. The van der Waals surface area contributed by atoms with Crippen LogP contribution >= 0.6 is 0 Å². The van der Waals surface area contributed by atoms with Crippen LogP contribution in [0, 0.1) is 0 Å². The Bertz CT molecular complexity index is 427. The van der Waals surface area contributed by atoms with Gasteiger partial charge in [-0.3, -0.25) is 14.9 Å². The maximum atomic E-state index is 11.9. The number of piperazine rings is 1. The lowest BCUT2D eigenvalue weighted by atomic mass is 9.99. The molecule has 0 spiro atoms. The largest absolute Gasteiger partial charge is 0.479 e. The molecular formula is C10H13N3O6. The van der Waals surface area contributed by atoms with Crippen molar-refractivity contribution in [1.82, 2.24) is 15.5 Å². The van der Waals surface area contributed by atoms with E-state index in [-0.39, 0.29) is 32.7 Å². The zero-order valence-corrected chi connectivity index (χ0v) is 9.97. The summed E-state index contributed by atoms with van der Waals surface area (Å²) in [5.41, 5.74) is -1.49. The van der Waals surface area contributed by atoms with Gasteiger partial charge in [0.1, 0.15) is 13.1 Å². The molecule has 3 N–H and O–H groups in total. The number of hydrogen-bond donors (Lipinski definition) is 3. The standard InChI is InChI=1S/C10H13N3O6/c14-6-3-13(4-7(15)11-6)9(18)12-10(8(16)17)1-2-19-5-10/h1-5H2,(H,12,18)(H,16,17)(H,11,14,15). The van der Waals surface area contributed by atoms with E-state index in [1.165, 1.54) is 0 Å². The first-order chi connectivity index (χ1) is 8.93. The van der Waals surface area contributed by atoms with Gasteiger partial charge < -0.3 is 20.1 Å². The van der Waals surface area contributed by atoms with E-state index in [0.29, 0.717) is 0 Å². The lowest BCUT2D eigenvalue weighted by Gasteiger charge is -2.30. The molecule has 2 saturated heterocycles. The lowest BCUT2D eigenvalue weighted by molar-refractivity contribution is -0.144. The summed E-state index contributed by atoms with van der Waals surface area (Å²) in [7, 11) is 0. The molecule has 9 nitrogen and oxygen atoms in total. The van der Waals surface area contributed by atoms with Crippen molar-refractivity contribution in [3.8, 4) is 0 Å². The Hall–Kier alpha value is -2.16. The van der Waals surface area contributed by atoms with Crippen LogP contribution in [0.2, 0.25) is 0 Å². The molecular weight excluding hydrogens is 258 g/mol. The monoisotopic (exact) mass is 271 g/mol. The van der Waals surface area contributed by atoms with Crippen molar-refractivity contribution in [3.05, 3.63) is 0 Å². The first-order valence-electron chi connectivity index (χ1n) is 5.64. The Balaban J connectivity index is 2.05. The average molecular weight is 271 g/mol. The van der Waals surface area contributed by atoms with E-state index in [4.69, 9.17) is 9.84 Å². The van der Waals surface area contributed by atoms with Crippen LogP contribution in [0.5, 0.6) is 0 Å². The van der Waals surface area contributed by atoms with Crippen molar-refractivity contribution in [2.75, 3.05) is 26.3 Å². The minimum atomic E-state index is -1.49. The van der Waals surface area contributed by atoms with Gasteiger partial charge in [0.25, 0.3) is 0 Å². The second-order valence-electron chi connectivity index (χ2n) is 4.45. The Morgan fingerprint density at radius 3 is 2.42 bits per heavy atom. The van der Waals surface area contributed by atoms with Crippen LogP contribution in [0.1, 0.15) is 6.42 Å². The highest BCUT2D eigenvalue weighted by atomic mass is 16.5. The Morgan fingerprint density at radius 2 is 1.95 bits per heavy atom. The van der Waals surface area contributed by atoms with Crippen LogP contribution in [0.15, 0.2) is 0 Å². The molecule has 2 heterocycles. The van der Waals surface area contributed by atoms with Crippen molar-refractivity contribution in [3.63, 3.8) is 0 Å². The molecule has 0 aromatic rings. The third kappa shape index (κ3) is 2.65. The number of rotatable bonds is 2. The van der Waals surface area contributed by atoms with Gasteiger partial charge in [-0.2, -0.15) is 0 Å². The zero-order valence-electron chi connectivity index (χ0n) is 9.97. The topological polar surface area (TPSA) is 125 Å². The normalized spacial score (nSPS) is 27.1. The number of carbonyl (C=O) groups is 4. The molecule has 2 aliphatic heterocycles. The quantitative estimate of drug-likeness (QED) is 0.494. The maximum absolute atomic E-state index is 11.9. The van der Waals surface area contributed by atoms with Gasteiger partial charge in [-0.25, -0.2) is 9.59 Å². The fourth-order valence-electron chi connectivity index (χ4n) is 1.95. The maximum Gasteiger partial charge on any atom is 0.332 e. The summed E-state index contributed by atoms with van der Waals surface area (Å²) < 4.78 is 4.99. The highest BCUT2D eigenvalue weighted by Gasteiger charge is 2.45. The van der Waals surface area contributed by atoms with Gasteiger partial charge in [-0.05, 0) is 0 Å². The van der Waals surface area contributed by atoms with E-state index in [2.05, 4.69) is 5.32 Å². The van der Waals surface area contributed by atoms with Crippen LogP contribution in [0.4, 0.5) is 4.79 Å². The van der Waals surface area contributed by atoms with Gasteiger partial charge in [0.15, 0.2) is 5.54 Å². The van der Waals surface area contributed by atoms with Crippen molar-refractivity contribution < 1.29 is 29.0 Å². The van der Waals surface area contributed by atoms with Gasteiger partial charge in [0, 0.05) is 13.0 Å². The molecule has 2 fully saturated rings. The Kier molecular flexibility index (Phi) is 3.38. The van der Waals surface area contributed by atoms with Gasteiger partial charge in [-0.15, -0.1) is 0 Å². The van der Waals surface area contributed by atoms with Gasteiger partial charge in [-0.1, -0.05) is 0 Å². The van der Waals surface area contributed by atoms with Crippen LogP contribution in [0.25, 0.3) is 0 Å². The molecule has 0 radical (unpaired) electrons. The molecule has 0 bridgehead atoms. The van der Waals surface area contributed by atoms with E-state index >= 15 is 0 Å². The predicted octanol–water partition coefficient (Wildman–Crippen LogP) is -2.10. The van der Waals surface area contributed by atoms with Crippen molar-refractivity contribution in [2.45, 2.75) is 12.0 Å². The smallest absolute Gasteiger partial charge is 0.332 e. The van der Waals surface area contributed by atoms with Crippen LogP contribution < -0.4 is 10.6 Å². The van der Waals surface area contributed by atoms with Crippen molar-refractivity contribution in [1.29, 1.82) is 0 Å². The summed E-state index contributed by atoms with van der Waals surface area (Å²) >= 11 is 0. The highest BCUT2D eigenvalue weighted by molar-refractivity contribution is 6.02. The highest BCUT2D eigenvalue weighted by Crippen LogP contribution is 2.19. The first-order valence-corrected chi connectivity index (χ1v) is 5.64. The van der Waals surface area contributed by atoms with E-state index in [1.54, 1.807) is 0 Å². The molecule has 9 heteroatoms. The summed E-state index contributed by atoms with van der Waals surface area (Å²) in [6.45, 7) is -0.476. The van der Waals surface area contributed by atoms with Crippen LogP contribution in [-0.2, 0) is 19.1 Å². The van der Waals surface area contributed by atoms with Gasteiger partial charge in [0.2, 0.25) is 11.8 Å². The number of carbonyl (C=O) groups excluding carboxylic acids is 3.